The number of rotatable bonds is 2. The molecule has 0 fully saturated rings. The summed E-state index contributed by atoms with van der Waals surface area (Å²) in [6.07, 6.45) is 0. The lowest BCUT2D eigenvalue weighted by Crippen LogP contribution is -2.25. The molecule has 0 bridgehead atoms. The molecule has 1 aromatic heterocycles. The van der Waals surface area contributed by atoms with Gasteiger partial charge in [-0.2, -0.15) is 5.26 Å². The molecule has 0 radical (unpaired) electrons. The number of benzene rings is 2. The molecule has 0 atom stereocenters. The zero-order valence-corrected chi connectivity index (χ0v) is 10.7. The Morgan fingerprint density at radius 2 is 1.75 bits per heavy atom. The summed E-state index contributed by atoms with van der Waals surface area (Å²) in [6, 6.07) is 18.9. The van der Waals surface area contributed by atoms with Crippen LogP contribution in [0.4, 0.5) is 0 Å². The smallest absolute Gasteiger partial charge is 0.288 e. The number of hydrogen-bond donors (Lipinski definition) is 0. The first-order valence-corrected chi connectivity index (χ1v) is 6.23. The maximum absolute atomic E-state index is 12.3. The zero-order valence-electron chi connectivity index (χ0n) is 10.7. The molecule has 0 saturated heterocycles. The first kappa shape index (κ1) is 12.1. The molecule has 0 aliphatic heterocycles. The fraction of sp³-hybridized carbons (Fsp3) is 0.0625. The van der Waals surface area contributed by atoms with Crippen molar-refractivity contribution in [2.24, 2.45) is 0 Å². The van der Waals surface area contributed by atoms with Crippen LogP contribution in [0, 0.1) is 11.3 Å². The monoisotopic (exact) mass is 261 g/mol. The van der Waals surface area contributed by atoms with E-state index in [-0.39, 0.29) is 11.3 Å². The summed E-state index contributed by atoms with van der Waals surface area (Å²) in [7, 11) is 0. The van der Waals surface area contributed by atoms with Gasteiger partial charge in [0.1, 0.15) is 6.07 Å². The Kier molecular flexibility index (Phi) is 3.02. The molecule has 96 valence electrons. The van der Waals surface area contributed by atoms with Crippen LogP contribution in [0.25, 0.3) is 11.0 Å². The van der Waals surface area contributed by atoms with Gasteiger partial charge in [0.25, 0.3) is 5.56 Å². The van der Waals surface area contributed by atoms with Crippen molar-refractivity contribution in [2.75, 3.05) is 0 Å². The van der Waals surface area contributed by atoms with Gasteiger partial charge in [0.05, 0.1) is 17.6 Å². The normalized spacial score (nSPS) is 10.3. The Morgan fingerprint density at radius 3 is 2.50 bits per heavy atom. The molecular formula is C16H11N3O. The highest BCUT2D eigenvalue weighted by Crippen LogP contribution is 2.11. The molecule has 4 heteroatoms. The molecule has 1 heterocycles. The van der Waals surface area contributed by atoms with Crippen molar-refractivity contribution in [1.82, 2.24) is 9.55 Å². The lowest BCUT2D eigenvalue weighted by atomic mass is 10.2. The summed E-state index contributed by atoms with van der Waals surface area (Å²) in [5, 5.41) is 9.04. The lowest BCUT2D eigenvalue weighted by Gasteiger charge is -2.10. The van der Waals surface area contributed by atoms with Crippen LogP contribution < -0.4 is 5.56 Å². The molecule has 0 aliphatic rings. The molecular weight excluding hydrogens is 250 g/mol. The number of nitrogens with zero attached hydrogens (tertiary/aromatic N) is 3. The maximum Gasteiger partial charge on any atom is 0.288 e. The maximum atomic E-state index is 12.3. The van der Waals surface area contributed by atoms with Gasteiger partial charge in [-0.3, -0.25) is 9.36 Å². The Morgan fingerprint density at radius 1 is 1.05 bits per heavy atom. The quantitative estimate of drug-likeness (QED) is 0.711. The van der Waals surface area contributed by atoms with Crippen LogP contribution in [0.3, 0.4) is 0 Å². The topological polar surface area (TPSA) is 58.7 Å². The van der Waals surface area contributed by atoms with Crippen LogP contribution in [0.5, 0.6) is 0 Å². The summed E-state index contributed by atoms with van der Waals surface area (Å²) >= 11 is 0. The highest BCUT2D eigenvalue weighted by Gasteiger charge is 2.10. The molecule has 2 aromatic carbocycles. The molecule has 3 rings (SSSR count). The van der Waals surface area contributed by atoms with Gasteiger partial charge in [0.15, 0.2) is 0 Å². The summed E-state index contributed by atoms with van der Waals surface area (Å²) in [5.41, 5.74) is 1.98. The van der Waals surface area contributed by atoms with Crippen LogP contribution >= 0.6 is 0 Å². The van der Waals surface area contributed by atoms with Crippen LogP contribution in [-0.2, 0) is 6.54 Å². The lowest BCUT2D eigenvalue weighted by molar-refractivity contribution is 0.782. The van der Waals surface area contributed by atoms with Gasteiger partial charge >= 0.3 is 0 Å². The minimum absolute atomic E-state index is 0.0698. The van der Waals surface area contributed by atoms with E-state index in [0.29, 0.717) is 12.1 Å². The Bertz CT molecular complexity index is 860. The third kappa shape index (κ3) is 2.06. The number of fused-ring (bicyclic) bond motifs is 1. The van der Waals surface area contributed by atoms with Crippen molar-refractivity contribution in [3.63, 3.8) is 0 Å². The first-order valence-electron chi connectivity index (χ1n) is 6.23. The van der Waals surface area contributed by atoms with Crippen LogP contribution in [0.2, 0.25) is 0 Å². The van der Waals surface area contributed by atoms with Crippen LogP contribution in [0.1, 0.15) is 11.3 Å². The Hall–Kier alpha value is -2.93. The van der Waals surface area contributed by atoms with Crippen LogP contribution in [0.15, 0.2) is 59.4 Å². The van der Waals surface area contributed by atoms with Gasteiger partial charge in [-0.1, -0.05) is 42.5 Å². The van der Waals surface area contributed by atoms with Crippen molar-refractivity contribution in [3.8, 4) is 6.07 Å². The van der Waals surface area contributed by atoms with E-state index in [1.807, 2.05) is 54.6 Å². The highest BCUT2D eigenvalue weighted by molar-refractivity contribution is 5.75. The van der Waals surface area contributed by atoms with Gasteiger partial charge in [0, 0.05) is 0 Å². The number of para-hydroxylation sites is 2. The summed E-state index contributed by atoms with van der Waals surface area (Å²) in [4.78, 5) is 16.4. The van der Waals surface area contributed by atoms with Gasteiger partial charge in [-0.15, -0.1) is 0 Å². The van der Waals surface area contributed by atoms with Gasteiger partial charge in [-0.25, -0.2) is 4.98 Å². The second-order valence-electron chi connectivity index (χ2n) is 4.44. The van der Waals surface area contributed by atoms with Crippen molar-refractivity contribution < 1.29 is 0 Å². The van der Waals surface area contributed by atoms with Gasteiger partial charge < -0.3 is 0 Å². The van der Waals surface area contributed by atoms with Crippen molar-refractivity contribution in [3.05, 3.63) is 76.2 Å². The fourth-order valence-electron chi connectivity index (χ4n) is 2.19. The molecule has 4 nitrogen and oxygen atoms in total. The minimum atomic E-state index is -0.352. The molecule has 0 amide bonds. The molecule has 20 heavy (non-hydrogen) atoms. The van der Waals surface area contributed by atoms with Crippen molar-refractivity contribution >= 4 is 11.0 Å². The van der Waals surface area contributed by atoms with E-state index in [9.17, 15) is 4.79 Å². The van der Waals surface area contributed by atoms with Crippen molar-refractivity contribution in [1.29, 1.82) is 5.26 Å². The number of hydrogen-bond acceptors (Lipinski definition) is 3. The molecule has 0 saturated carbocycles. The molecule has 0 N–H and O–H groups in total. The average Bonchev–Trinajstić information content (AvgIpc) is 2.51. The summed E-state index contributed by atoms with van der Waals surface area (Å²) in [5.74, 6) is 0. The van der Waals surface area contributed by atoms with Crippen LogP contribution in [-0.4, -0.2) is 9.55 Å². The summed E-state index contributed by atoms with van der Waals surface area (Å²) < 4.78 is 1.59. The van der Waals surface area contributed by atoms with E-state index in [4.69, 9.17) is 5.26 Å². The van der Waals surface area contributed by atoms with E-state index in [0.717, 1.165) is 11.1 Å². The molecule has 0 unspecified atom stereocenters. The molecule has 0 aliphatic carbocycles. The average molecular weight is 261 g/mol. The predicted molar refractivity (Wildman–Crippen MR) is 76.3 cm³/mol. The SMILES string of the molecule is N#Cc1nc2ccccc2n(Cc2ccccc2)c1=O. The predicted octanol–water partition coefficient (Wildman–Crippen LogP) is 2.32. The van der Waals surface area contributed by atoms with Crippen molar-refractivity contribution in [2.45, 2.75) is 6.54 Å². The fourth-order valence-corrected chi connectivity index (χ4v) is 2.19. The standard InChI is InChI=1S/C16H11N3O/c17-10-14-16(20)19(11-12-6-2-1-3-7-12)15-9-5-4-8-13(15)18-14/h1-9H,11H2. The number of aromatic nitrogens is 2. The third-order valence-electron chi connectivity index (χ3n) is 3.14. The molecule has 0 spiro atoms. The minimum Gasteiger partial charge on any atom is -0.300 e. The van der Waals surface area contributed by atoms with E-state index >= 15 is 0 Å². The third-order valence-corrected chi connectivity index (χ3v) is 3.14. The second kappa shape index (κ2) is 4.98. The second-order valence-corrected chi connectivity index (χ2v) is 4.44. The highest BCUT2D eigenvalue weighted by atomic mass is 16.1. The summed E-state index contributed by atoms with van der Waals surface area (Å²) in [6.45, 7) is 0.428. The Balaban J connectivity index is 2.25. The number of nitriles is 1. The van der Waals surface area contributed by atoms with Gasteiger partial charge in [-0.05, 0) is 17.7 Å². The zero-order chi connectivity index (χ0) is 13.9. The van der Waals surface area contributed by atoms with E-state index in [1.54, 1.807) is 10.6 Å². The van der Waals surface area contributed by atoms with E-state index in [2.05, 4.69) is 4.98 Å². The van der Waals surface area contributed by atoms with Gasteiger partial charge in [0.2, 0.25) is 5.69 Å². The molecule has 3 aromatic rings. The Labute approximate surface area is 115 Å². The van der Waals surface area contributed by atoms with E-state index in [1.165, 1.54) is 0 Å². The first-order chi connectivity index (χ1) is 9.79. The largest absolute Gasteiger partial charge is 0.300 e. The van der Waals surface area contributed by atoms with E-state index < -0.39 is 0 Å².